The smallest absolute Gasteiger partial charge is 0.251 e. The van der Waals surface area contributed by atoms with E-state index in [-0.39, 0.29) is 11.9 Å². The van der Waals surface area contributed by atoms with Crippen LogP contribution in [0.5, 0.6) is 0 Å². The van der Waals surface area contributed by atoms with Crippen LogP contribution in [0.3, 0.4) is 0 Å². The number of aryl methyl sites for hydroxylation is 1. The van der Waals surface area contributed by atoms with E-state index in [2.05, 4.69) is 10.6 Å². The van der Waals surface area contributed by atoms with Gasteiger partial charge in [0.1, 0.15) is 0 Å². The average Bonchev–Trinajstić information content (AvgIpc) is 2.71. The lowest BCUT2D eigenvalue weighted by molar-refractivity contribution is 0.0939. The Morgan fingerprint density at radius 2 is 2.27 bits per heavy atom. The topological polar surface area (TPSA) is 41.1 Å². The van der Waals surface area contributed by atoms with Crippen molar-refractivity contribution in [2.45, 2.75) is 19.4 Å². The van der Waals surface area contributed by atoms with Gasteiger partial charge in [0.05, 0.1) is 0 Å². The summed E-state index contributed by atoms with van der Waals surface area (Å²) in [4.78, 5) is 11.9. The highest BCUT2D eigenvalue weighted by molar-refractivity contribution is 5.95. The van der Waals surface area contributed by atoms with Crippen LogP contribution in [0.25, 0.3) is 0 Å². The van der Waals surface area contributed by atoms with Gasteiger partial charge in [-0.2, -0.15) is 0 Å². The van der Waals surface area contributed by atoms with Crippen LogP contribution in [0, 0.1) is 6.92 Å². The fourth-order valence-corrected chi connectivity index (χ4v) is 1.87. The van der Waals surface area contributed by atoms with Crippen molar-refractivity contribution in [3.63, 3.8) is 0 Å². The third kappa shape index (κ3) is 2.36. The van der Waals surface area contributed by atoms with E-state index >= 15 is 0 Å². The summed E-state index contributed by atoms with van der Waals surface area (Å²) >= 11 is 0. The minimum atomic E-state index is 0.0433. The van der Waals surface area contributed by atoms with Crippen LogP contribution >= 0.6 is 0 Å². The van der Waals surface area contributed by atoms with Gasteiger partial charge in [-0.05, 0) is 31.5 Å². The normalized spacial score (nSPS) is 20.2. The van der Waals surface area contributed by atoms with Crippen LogP contribution in [0.1, 0.15) is 22.3 Å². The summed E-state index contributed by atoms with van der Waals surface area (Å²) in [7, 11) is 0. The molecule has 0 unspecified atom stereocenters. The summed E-state index contributed by atoms with van der Waals surface area (Å²) in [6.07, 6.45) is 1.03. The molecule has 3 nitrogen and oxygen atoms in total. The van der Waals surface area contributed by atoms with Crippen LogP contribution < -0.4 is 10.6 Å². The lowest BCUT2D eigenvalue weighted by Gasteiger charge is -2.12. The minimum absolute atomic E-state index is 0.0433. The predicted molar refractivity (Wildman–Crippen MR) is 59.9 cm³/mol. The average molecular weight is 204 g/mol. The molecule has 2 N–H and O–H groups in total. The van der Waals surface area contributed by atoms with Crippen molar-refractivity contribution in [2.75, 3.05) is 13.1 Å². The maximum absolute atomic E-state index is 11.9. The van der Waals surface area contributed by atoms with Crippen molar-refractivity contribution in [3.8, 4) is 0 Å². The molecule has 0 bridgehead atoms. The van der Waals surface area contributed by atoms with Crippen LogP contribution in [0.4, 0.5) is 0 Å². The summed E-state index contributed by atoms with van der Waals surface area (Å²) in [6.45, 7) is 3.85. The molecule has 1 saturated heterocycles. The van der Waals surface area contributed by atoms with E-state index in [1.165, 1.54) is 0 Å². The highest BCUT2D eigenvalue weighted by atomic mass is 16.1. The van der Waals surface area contributed by atoms with Gasteiger partial charge < -0.3 is 10.6 Å². The molecule has 1 atom stereocenters. The molecule has 0 aromatic heterocycles. The first-order valence-electron chi connectivity index (χ1n) is 5.34. The number of benzene rings is 1. The van der Waals surface area contributed by atoms with Crippen molar-refractivity contribution >= 4 is 5.91 Å². The van der Waals surface area contributed by atoms with Gasteiger partial charge in [-0.3, -0.25) is 4.79 Å². The second kappa shape index (κ2) is 4.45. The second-order valence-electron chi connectivity index (χ2n) is 3.98. The molecule has 1 heterocycles. The van der Waals surface area contributed by atoms with Crippen molar-refractivity contribution in [1.82, 2.24) is 10.6 Å². The van der Waals surface area contributed by atoms with Crippen LogP contribution in [-0.4, -0.2) is 25.0 Å². The largest absolute Gasteiger partial charge is 0.348 e. The van der Waals surface area contributed by atoms with Crippen LogP contribution in [0.15, 0.2) is 24.3 Å². The summed E-state index contributed by atoms with van der Waals surface area (Å²) in [6, 6.07) is 7.96. The Morgan fingerprint density at radius 1 is 1.47 bits per heavy atom. The fraction of sp³-hybridized carbons (Fsp3) is 0.417. The second-order valence-corrected chi connectivity index (χ2v) is 3.98. The van der Waals surface area contributed by atoms with E-state index in [0.717, 1.165) is 30.6 Å². The Bertz CT molecular complexity index is 356. The molecule has 15 heavy (non-hydrogen) atoms. The Labute approximate surface area is 89.9 Å². The summed E-state index contributed by atoms with van der Waals surface area (Å²) in [5.41, 5.74) is 1.81. The first-order valence-corrected chi connectivity index (χ1v) is 5.34. The minimum Gasteiger partial charge on any atom is -0.348 e. The highest BCUT2D eigenvalue weighted by Gasteiger charge is 2.17. The third-order valence-electron chi connectivity index (χ3n) is 2.79. The van der Waals surface area contributed by atoms with Gasteiger partial charge in [0.2, 0.25) is 0 Å². The Morgan fingerprint density at radius 3 is 2.93 bits per heavy atom. The number of hydrogen-bond donors (Lipinski definition) is 2. The van der Waals surface area contributed by atoms with Gasteiger partial charge in [-0.15, -0.1) is 0 Å². The number of amides is 1. The molecule has 0 radical (unpaired) electrons. The zero-order valence-corrected chi connectivity index (χ0v) is 8.92. The molecule has 0 saturated carbocycles. The number of carbonyl (C=O) groups is 1. The summed E-state index contributed by atoms with van der Waals surface area (Å²) in [5, 5.41) is 6.26. The quantitative estimate of drug-likeness (QED) is 0.757. The molecule has 80 valence electrons. The molecule has 0 spiro atoms. The molecular weight excluding hydrogens is 188 g/mol. The molecule has 0 aliphatic carbocycles. The zero-order valence-electron chi connectivity index (χ0n) is 8.92. The standard InChI is InChI=1S/C12H16N2O/c1-9-4-2-3-5-11(9)12(15)14-10-6-7-13-8-10/h2-5,10,13H,6-8H2,1H3,(H,14,15)/t10-/m1/s1. The van der Waals surface area contributed by atoms with Gasteiger partial charge in [-0.1, -0.05) is 18.2 Å². The van der Waals surface area contributed by atoms with E-state index in [1.54, 1.807) is 0 Å². The zero-order chi connectivity index (χ0) is 10.7. The Kier molecular flexibility index (Phi) is 3.02. The summed E-state index contributed by atoms with van der Waals surface area (Å²) < 4.78 is 0. The van der Waals surface area contributed by atoms with Crippen molar-refractivity contribution in [1.29, 1.82) is 0 Å². The van der Waals surface area contributed by atoms with Gasteiger partial charge in [-0.25, -0.2) is 0 Å². The van der Waals surface area contributed by atoms with Crippen LogP contribution in [-0.2, 0) is 0 Å². The molecule has 1 aliphatic rings. The Hall–Kier alpha value is -1.35. The van der Waals surface area contributed by atoms with Gasteiger partial charge >= 0.3 is 0 Å². The van der Waals surface area contributed by atoms with Gasteiger partial charge in [0.15, 0.2) is 0 Å². The predicted octanol–water partition coefficient (Wildman–Crippen LogP) is 1.09. The maximum atomic E-state index is 11.9. The third-order valence-corrected chi connectivity index (χ3v) is 2.79. The number of hydrogen-bond acceptors (Lipinski definition) is 2. The monoisotopic (exact) mass is 204 g/mol. The van der Waals surface area contributed by atoms with E-state index in [4.69, 9.17) is 0 Å². The highest BCUT2D eigenvalue weighted by Crippen LogP contribution is 2.08. The maximum Gasteiger partial charge on any atom is 0.251 e. The molecule has 1 aliphatic heterocycles. The van der Waals surface area contributed by atoms with Gasteiger partial charge in [0, 0.05) is 18.2 Å². The SMILES string of the molecule is Cc1ccccc1C(=O)N[C@@H]1CCNC1. The van der Waals surface area contributed by atoms with E-state index in [9.17, 15) is 4.79 Å². The molecule has 1 amide bonds. The molecule has 1 aromatic rings. The van der Waals surface area contributed by atoms with Crippen molar-refractivity contribution in [2.24, 2.45) is 0 Å². The fourth-order valence-electron chi connectivity index (χ4n) is 1.87. The first kappa shape index (κ1) is 10.2. The first-order chi connectivity index (χ1) is 7.27. The van der Waals surface area contributed by atoms with E-state index in [1.807, 2.05) is 31.2 Å². The molecule has 1 fully saturated rings. The molecule has 3 heteroatoms. The summed E-state index contributed by atoms with van der Waals surface area (Å²) in [5.74, 6) is 0.0433. The van der Waals surface area contributed by atoms with Crippen molar-refractivity contribution < 1.29 is 4.79 Å². The lowest BCUT2D eigenvalue weighted by Crippen LogP contribution is -2.36. The Balaban J connectivity index is 2.04. The number of rotatable bonds is 2. The van der Waals surface area contributed by atoms with Gasteiger partial charge in [0.25, 0.3) is 5.91 Å². The van der Waals surface area contributed by atoms with Crippen LogP contribution in [0.2, 0.25) is 0 Å². The number of nitrogens with one attached hydrogen (secondary N) is 2. The van der Waals surface area contributed by atoms with Crippen molar-refractivity contribution in [3.05, 3.63) is 35.4 Å². The van der Waals surface area contributed by atoms with E-state index in [0.29, 0.717) is 0 Å². The molecule has 2 rings (SSSR count). The van der Waals surface area contributed by atoms with E-state index < -0.39 is 0 Å². The molecular formula is C12H16N2O. The molecule has 1 aromatic carbocycles. The number of carbonyl (C=O) groups excluding carboxylic acids is 1. The lowest BCUT2D eigenvalue weighted by atomic mass is 10.1.